The summed E-state index contributed by atoms with van der Waals surface area (Å²) in [5, 5.41) is 12.7. The number of hydrogen-bond donors (Lipinski definition) is 2. The van der Waals surface area contributed by atoms with Gasteiger partial charge in [0.1, 0.15) is 5.75 Å². The summed E-state index contributed by atoms with van der Waals surface area (Å²) in [5.74, 6) is -1.71. The van der Waals surface area contributed by atoms with Gasteiger partial charge in [0, 0.05) is 22.5 Å². The van der Waals surface area contributed by atoms with Crippen LogP contribution in [0.1, 0.15) is 38.3 Å². The molecule has 1 aliphatic heterocycles. The highest BCUT2D eigenvalue weighted by Crippen LogP contribution is 2.41. The molecule has 0 fully saturated rings. The summed E-state index contributed by atoms with van der Waals surface area (Å²) in [4.78, 5) is 11.2. The van der Waals surface area contributed by atoms with Crippen molar-refractivity contribution in [2.45, 2.75) is 44.9 Å². The number of halogens is 4. The fraction of sp³-hybridized carbons (Fsp3) is 0.500. The molecular formula is C18H21ClF3NO3. The van der Waals surface area contributed by atoms with Crippen molar-refractivity contribution in [1.82, 2.24) is 5.32 Å². The zero-order valence-electron chi connectivity index (χ0n) is 14.7. The van der Waals surface area contributed by atoms with Gasteiger partial charge in [0.15, 0.2) is 0 Å². The first-order chi connectivity index (χ1) is 12.0. The zero-order chi connectivity index (χ0) is 19.7. The standard InChI is InChI=1S/C18H21ClF3NO3/c1-4-5-23-9-17(2,3)12-8-14-10(7-13(12)19)6-11(16(24)25)15(26-14)18(20,21)22/h6-8,15,23H,4-5,9H2,1-3H3,(H,24,25). The second kappa shape index (κ2) is 7.48. The molecule has 1 aromatic rings. The molecule has 1 aromatic carbocycles. The molecule has 0 saturated heterocycles. The Morgan fingerprint density at radius 2 is 2.00 bits per heavy atom. The first-order valence-electron chi connectivity index (χ1n) is 8.20. The smallest absolute Gasteiger partial charge is 0.430 e. The van der Waals surface area contributed by atoms with Gasteiger partial charge >= 0.3 is 12.1 Å². The molecule has 144 valence electrons. The molecule has 1 heterocycles. The van der Waals surface area contributed by atoms with E-state index >= 15 is 0 Å². The average molecular weight is 392 g/mol. The molecule has 0 radical (unpaired) electrons. The van der Waals surface area contributed by atoms with Crippen LogP contribution in [0.4, 0.5) is 13.2 Å². The maximum absolute atomic E-state index is 13.2. The van der Waals surface area contributed by atoms with E-state index in [1.54, 1.807) is 0 Å². The highest BCUT2D eigenvalue weighted by atomic mass is 35.5. The Bertz CT molecular complexity index is 729. The summed E-state index contributed by atoms with van der Waals surface area (Å²) < 4.78 is 44.6. The van der Waals surface area contributed by atoms with Crippen LogP contribution in [0.15, 0.2) is 17.7 Å². The maximum atomic E-state index is 13.2. The fourth-order valence-electron chi connectivity index (χ4n) is 2.83. The number of rotatable bonds is 6. The van der Waals surface area contributed by atoms with Gasteiger partial charge in [-0.2, -0.15) is 13.2 Å². The van der Waals surface area contributed by atoms with E-state index in [4.69, 9.17) is 21.4 Å². The monoisotopic (exact) mass is 391 g/mol. The van der Waals surface area contributed by atoms with Gasteiger partial charge in [0.05, 0.1) is 5.57 Å². The van der Waals surface area contributed by atoms with Crippen molar-refractivity contribution in [2.24, 2.45) is 0 Å². The van der Waals surface area contributed by atoms with E-state index in [1.165, 1.54) is 12.1 Å². The first kappa shape index (κ1) is 20.6. The van der Waals surface area contributed by atoms with Crippen molar-refractivity contribution in [3.05, 3.63) is 33.9 Å². The van der Waals surface area contributed by atoms with Gasteiger partial charge in [-0.15, -0.1) is 0 Å². The quantitative estimate of drug-likeness (QED) is 0.705. The van der Waals surface area contributed by atoms with Crippen molar-refractivity contribution < 1.29 is 27.8 Å². The molecule has 0 bridgehead atoms. The molecule has 0 aromatic heterocycles. The number of carboxylic acid groups (broad SMARTS) is 1. The number of alkyl halides is 3. The maximum Gasteiger partial charge on any atom is 0.430 e. The SMILES string of the molecule is CCCNCC(C)(C)c1cc2c(cc1Cl)C=C(C(=O)O)C(C(F)(F)F)O2. The van der Waals surface area contributed by atoms with Crippen LogP contribution in [0.5, 0.6) is 5.75 Å². The first-order valence-corrected chi connectivity index (χ1v) is 8.58. The summed E-state index contributed by atoms with van der Waals surface area (Å²) in [6.45, 7) is 7.27. The van der Waals surface area contributed by atoms with Crippen LogP contribution in [-0.2, 0) is 10.2 Å². The summed E-state index contributed by atoms with van der Waals surface area (Å²) >= 11 is 6.33. The van der Waals surface area contributed by atoms with Crippen LogP contribution >= 0.6 is 11.6 Å². The van der Waals surface area contributed by atoms with Gasteiger partial charge in [-0.05, 0) is 36.7 Å². The van der Waals surface area contributed by atoms with E-state index in [1.807, 2.05) is 20.8 Å². The minimum atomic E-state index is -4.83. The second-order valence-electron chi connectivity index (χ2n) is 6.87. The zero-order valence-corrected chi connectivity index (χ0v) is 15.5. The lowest BCUT2D eigenvalue weighted by molar-refractivity contribution is -0.187. The number of carboxylic acids is 1. The molecule has 0 saturated carbocycles. The summed E-state index contributed by atoms with van der Waals surface area (Å²) in [6.07, 6.45) is -5.42. The van der Waals surface area contributed by atoms with Gasteiger partial charge in [-0.3, -0.25) is 0 Å². The lowest BCUT2D eigenvalue weighted by Gasteiger charge is -2.31. The van der Waals surface area contributed by atoms with Crippen LogP contribution < -0.4 is 10.1 Å². The number of nitrogens with one attached hydrogen (secondary N) is 1. The third-order valence-corrected chi connectivity index (χ3v) is 4.52. The van der Waals surface area contributed by atoms with E-state index in [0.717, 1.165) is 19.0 Å². The third kappa shape index (κ3) is 4.32. The minimum Gasteiger partial charge on any atom is -0.478 e. The average Bonchev–Trinajstić information content (AvgIpc) is 2.52. The predicted molar refractivity (Wildman–Crippen MR) is 93.7 cm³/mol. The van der Waals surface area contributed by atoms with Crippen molar-refractivity contribution in [3.63, 3.8) is 0 Å². The lowest BCUT2D eigenvalue weighted by Crippen LogP contribution is -2.40. The van der Waals surface area contributed by atoms with Crippen molar-refractivity contribution in [2.75, 3.05) is 13.1 Å². The number of aliphatic carboxylic acids is 1. The molecule has 0 aliphatic carbocycles. The van der Waals surface area contributed by atoms with Crippen LogP contribution in [0.25, 0.3) is 6.08 Å². The number of fused-ring (bicyclic) bond motifs is 1. The van der Waals surface area contributed by atoms with E-state index < -0.39 is 29.2 Å². The molecule has 4 nitrogen and oxygen atoms in total. The van der Waals surface area contributed by atoms with Crippen LogP contribution in [0.2, 0.25) is 5.02 Å². The number of ether oxygens (including phenoxy) is 1. The molecule has 0 amide bonds. The summed E-state index contributed by atoms with van der Waals surface area (Å²) in [5.41, 5.74) is -0.462. The predicted octanol–water partition coefficient (Wildman–Crippen LogP) is 4.41. The van der Waals surface area contributed by atoms with Gasteiger partial charge in [-0.1, -0.05) is 32.4 Å². The lowest BCUT2D eigenvalue weighted by atomic mass is 9.83. The van der Waals surface area contributed by atoms with Crippen molar-refractivity contribution in [3.8, 4) is 5.75 Å². The molecule has 1 aliphatic rings. The van der Waals surface area contributed by atoms with Gasteiger partial charge in [0.25, 0.3) is 0 Å². The summed E-state index contributed by atoms with van der Waals surface area (Å²) in [6, 6.07) is 2.92. The van der Waals surface area contributed by atoms with E-state index in [0.29, 0.717) is 17.1 Å². The fourth-order valence-corrected chi connectivity index (χ4v) is 3.25. The second-order valence-corrected chi connectivity index (χ2v) is 7.28. The topological polar surface area (TPSA) is 58.6 Å². The molecular weight excluding hydrogens is 371 g/mol. The van der Waals surface area contributed by atoms with Crippen LogP contribution in [0, 0.1) is 0 Å². The van der Waals surface area contributed by atoms with Crippen LogP contribution in [0.3, 0.4) is 0 Å². The Kier molecular flexibility index (Phi) is 5.92. The van der Waals surface area contributed by atoms with Crippen molar-refractivity contribution >= 4 is 23.6 Å². The minimum absolute atomic E-state index is 0.0275. The highest BCUT2D eigenvalue weighted by molar-refractivity contribution is 6.31. The van der Waals surface area contributed by atoms with E-state index in [2.05, 4.69) is 5.32 Å². The molecule has 2 rings (SSSR count). The molecule has 26 heavy (non-hydrogen) atoms. The Labute approximate surface area is 155 Å². The molecule has 1 atom stereocenters. The largest absolute Gasteiger partial charge is 0.478 e. The molecule has 2 N–H and O–H groups in total. The van der Waals surface area contributed by atoms with Gasteiger partial charge in [-0.25, -0.2) is 4.79 Å². The normalized spacial score (nSPS) is 17.3. The molecule has 1 unspecified atom stereocenters. The van der Waals surface area contributed by atoms with E-state index in [9.17, 15) is 18.0 Å². The third-order valence-electron chi connectivity index (χ3n) is 4.20. The number of benzene rings is 1. The summed E-state index contributed by atoms with van der Waals surface area (Å²) in [7, 11) is 0. The number of hydrogen-bond acceptors (Lipinski definition) is 3. The van der Waals surface area contributed by atoms with Gasteiger partial charge in [0.2, 0.25) is 6.10 Å². The molecule has 8 heteroatoms. The van der Waals surface area contributed by atoms with Crippen LogP contribution in [-0.4, -0.2) is 36.4 Å². The Balaban J connectivity index is 2.46. The van der Waals surface area contributed by atoms with Gasteiger partial charge < -0.3 is 15.2 Å². The van der Waals surface area contributed by atoms with E-state index in [-0.39, 0.29) is 11.3 Å². The highest BCUT2D eigenvalue weighted by Gasteiger charge is 2.48. The Morgan fingerprint density at radius 1 is 1.35 bits per heavy atom. The Morgan fingerprint density at radius 3 is 2.54 bits per heavy atom. The Hall–Kier alpha value is -1.73. The number of carbonyl (C=O) groups is 1. The van der Waals surface area contributed by atoms with Crippen molar-refractivity contribution in [1.29, 1.82) is 0 Å². The molecule has 0 spiro atoms.